The molecule has 0 radical (unpaired) electrons. The summed E-state index contributed by atoms with van der Waals surface area (Å²) in [6.07, 6.45) is 0.710. The molecule has 30 heavy (non-hydrogen) atoms. The van der Waals surface area contributed by atoms with Crippen LogP contribution in [0, 0.1) is 6.92 Å². The number of para-hydroxylation sites is 1. The number of carbonyl (C=O) groups is 1. The van der Waals surface area contributed by atoms with Crippen molar-refractivity contribution in [2.24, 2.45) is 0 Å². The number of methoxy groups -OCH3 is 3. The maximum absolute atomic E-state index is 12.3. The third-order valence-electron chi connectivity index (χ3n) is 4.74. The topological polar surface area (TPSA) is 69.7 Å². The molecule has 3 aromatic rings. The lowest BCUT2D eigenvalue weighted by molar-refractivity contribution is -0.118. The quantitative estimate of drug-likeness (QED) is 0.521. The van der Waals surface area contributed by atoms with Gasteiger partial charge in [-0.3, -0.25) is 4.79 Å². The van der Waals surface area contributed by atoms with E-state index in [4.69, 9.17) is 14.2 Å². The second-order valence-corrected chi connectivity index (χ2v) is 7.71. The molecule has 0 atom stereocenters. The van der Waals surface area contributed by atoms with Crippen LogP contribution in [0.5, 0.6) is 17.2 Å². The van der Waals surface area contributed by atoms with Gasteiger partial charge in [-0.1, -0.05) is 30.0 Å². The number of benzene rings is 2. The van der Waals surface area contributed by atoms with Crippen LogP contribution in [0.4, 0.5) is 0 Å². The van der Waals surface area contributed by atoms with Crippen LogP contribution in [-0.2, 0) is 11.2 Å². The van der Waals surface area contributed by atoms with Gasteiger partial charge in [-0.25, -0.2) is 4.98 Å². The molecule has 0 aliphatic carbocycles. The number of nitrogens with zero attached hydrogens (tertiary/aromatic N) is 1. The minimum absolute atomic E-state index is 0.0277. The normalized spacial score (nSPS) is 10.7. The first-order valence-electron chi connectivity index (χ1n) is 9.60. The Bertz CT molecular complexity index is 1040. The minimum Gasteiger partial charge on any atom is -0.494 e. The third kappa shape index (κ3) is 5.16. The van der Waals surface area contributed by atoms with Crippen molar-refractivity contribution in [3.63, 3.8) is 0 Å². The second kappa shape index (κ2) is 10.2. The largest absolute Gasteiger partial charge is 0.494 e. The summed E-state index contributed by atoms with van der Waals surface area (Å²) >= 11 is 1.42. The number of carbonyl (C=O) groups excluding carboxylic acids is 1. The summed E-state index contributed by atoms with van der Waals surface area (Å²) in [5, 5.41) is 4.82. The highest BCUT2D eigenvalue weighted by molar-refractivity contribution is 7.99. The van der Waals surface area contributed by atoms with Crippen molar-refractivity contribution in [3.05, 3.63) is 53.6 Å². The number of rotatable bonds is 9. The molecule has 0 spiro atoms. The highest BCUT2D eigenvalue weighted by Gasteiger charge is 2.10. The van der Waals surface area contributed by atoms with Gasteiger partial charge in [0.1, 0.15) is 11.3 Å². The SMILES string of the molecule is COc1ccc(CCNC(=O)CSc2cc(C)c3cccc(OC)c3n2)cc1OC. The van der Waals surface area contributed by atoms with Crippen molar-refractivity contribution >= 4 is 28.6 Å². The number of thioether (sulfide) groups is 1. The van der Waals surface area contributed by atoms with E-state index in [1.54, 1.807) is 21.3 Å². The number of fused-ring (bicyclic) bond motifs is 1. The zero-order valence-electron chi connectivity index (χ0n) is 17.7. The number of hydrogen-bond donors (Lipinski definition) is 1. The Labute approximate surface area is 180 Å². The van der Waals surface area contributed by atoms with Crippen LogP contribution in [0.1, 0.15) is 11.1 Å². The number of nitrogens with one attached hydrogen (secondary N) is 1. The lowest BCUT2D eigenvalue weighted by Gasteiger charge is -2.11. The molecule has 1 amide bonds. The lowest BCUT2D eigenvalue weighted by Crippen LogP contribution is -2.27. The minimum atomic E-state index is -0.0277. The van der Waals surface area contributed by atoms with Crippen LogP contribution in [0.25, 0.3) is 10.9 Å². The molecule has 6 nitrogen and oxygen atoms in total. The number of hydrogen-bond acceptors (Lipinski definition) is 6. The van der Waals surface area contributed by atoms with E-state index >= 15 is 0 Å². The van der Waals surface area contributed by atoms with Crippen molar-refractivity contribution in [3.8, 4) is 17.2 Å². The van der Waals surface area contributed by atoms with E-state index in [1.807, 2.05) is 49.4 Å². The molecule has 0 saturated carbocycles. The van der Waals surface area contributed by atoms with E-state index in [-0.39, 0.29) is 5.91 Å². The maximum Gasteiger partial charge on any atom is 0.230 e. The van der Waals surface area contributed by atoms with Crippen LogP contribution in [-0.4, -0.2) is 44.5 Å². The number of aryl methyl sites for hydroxylation is 1. The Morgan fingerprint density at radius 1 is 1.00 bits per heavy atom. The Kier molecular flexibility index (Phi) is 7.41. The number of pyridine rings is 1. The van der Waals surface area contributed by atoms with E-state index in [0.717, 1.165) is 32.8 Å². The summed E-state index contributed by atoms with van der Waals surface area (Å²) in [6.45, 7) is 2.59. The molecule has 158 valence electrons. The van der Waals surface area contributed by atoms with Gasteiger partial charge >= 0.3 is 0 Å². The maximum atomic E-state index is 12.3. The zero-order chi connectivity index (χ0) is 21.5. The molecule has 7 heteroatoms. The first kappa shape index (κ1) is 21.8. The molecule has 0 aliphatic rings. The molecular weight excluding hydrogens is 400 g/mol. The van der Waals surface area contributed by atoms with Crippen molar-refractivity contribution in [2.45, 2.75) is 18.4 Å². The first-order valence-corrected chi connectivity index (χ1v) is 10.6. The summed E-state index contributed by atoms with van der Waals surface area (Å²) in [6, 6.07) is 13.6. The van der Waals surface area contributed by atoms with Gasteiger partial charge in [0.05, 0.1) is 32.1 Å². The van der Waals surface area contributed by atoms with Gasteiger partial charge in [-0.05, 0) is 48.7 Å². The smallest absolute Gasteiger partial charge is 0.230 e. The van der Waals surface area contributed by atoms with Gasteiger partial charge in [0.2, 0.25) is 5.91 Å². The fraction of sp³-hybridized carbons (Fsp3) is 0.304. The second-order valence-electron chi connectivity index (χ2n) is 6.71. The van der Waals surface area contributed by atoms with Crippen molar-refractivity contribution in [1.29, 1.82) is 0 Å². The molecule has 1 aromatic heterocycles. The van der Waals surface area contributed by atoms with Gasteiger partial charge in [-0.15, -0.1) is 0 Å². The predicted molar refractivity (Wildman–Crippen MR) is 120 cm³/mol. The average molecular weight is 427 g/mol. The Morgan fingerprint density at radius 2 is 1.77 bits per heavy atom. The third-order valence-corrected chi connectivity index (χ3v) is 5.65. The van der Waals surface area contributed by atoms with Crippen LogP contribution in [0.15, 0.2) is 47.5 Å². The monoisotopic (exact) mass is 426 g/mol. The van der Waals surface area contributed by atoms with E-state index in [9.17, 15) is 4.79 Å². The molecule has 0 unspecified atom stereocenters. The van der Waals surface area contributed by atoms with Crippen LogP contribution in [0.2, 0.25) is 0 Å². The standard InChI is InChI=1S/C23H26N2O4S/c1-15-12-22(25-23-17(15)6-5-7-19(23)28-3)30-14-21(26)24-11-10-16-8-9-18(27-2)20(13-16)29-4/h5-9,12-13H,10-11,14H2,1-4H3,(H,24,26). The Morgan fingerprint density at radius 3 is 2.50 bits per heavy atom. The Hall–Kier alpha value is -2.93. The molecule has 2 aromatic carbocycles. The van der Waals surface area contributed by atoms with Gasteiger partial charge in [0.25, 0.3) is 0 Å². The average Bonchev–Trinajstić information content (AvgIpc) is 2.77. The first-order chi connectivity index (χ1) is 14.5. The number of aromatic nitrogens is 1. The summed E-state index contributed by atoms with van der Waals surface area (Å²) in [5.41, 5.74) is 2.99. The molecule has 1 heterocycles. The summed E-state index contributed by atoms with van der Waals surface area (Å²) in [5.74, 6) is 2.39. The fourth-order valence-corrected chi connectivity index (χ4v) is 3.97. The Balaban J connectivity index is 1.55. The van der Waals surface area contributed by atoms with Gasteiger partial charge < -0.3 is 19.5 Å². The molecule has 0 saturated heterocycles. The van der Waals surface area contributed by atoms with E-state index in [2.05, 4.69) is 10.3 Å². The van der Waals surface area contributed by atoms with Crippen LogP contribution in [0.3, 0.4) is 0 Å². The molecule has 1 N–H and O–H groups in total. The van der Waals surface area contributed by atoms with Gasteiger partial charge in [-0.2, -0.15) is 0 Å². The van der Waals surface area contributed by atoms with Crippen molar-refractivity contribution in [2.75, 3.05) is 33.6 Å². The fourth-order valence-electron chi connectivity index (χ4n) is 3.17. The van der Waals surface area contributed by atoms with Crippen molar-refractivity contribution < 1.29 is 19.0 Å². The molecule has 3 rings (SSSR count). The highest BCUT2D eigenvalue weighted by Crippen LogP contribution is 2.30. The van der Waals surface area contributed by atoms with E-state index < -0.39 is 0 Å². The number of ether oxygens (including phenoxy) is 3. The van der Waals surface area contributed by atoms with Crippen LogP contribution >= 0.6 is 11.8 Å². The number of amides is 1. The van der Waals surface area contributed by atoms with E-state index in [0.29, 0.717) is 30.2 Å². The predicted octanol–water partition coefficient (Wildman–Crippen LogP) is 4.02. The van der Waals surface area contributed by atoms with Crippen molar-refractivity contribution in [1.82, 2.24) is 10.3 Å². The van der Waals surface area contributed by atoms with E-state index in [1.165, 1.54) is 11.8 Å². The van der Waals surface area contributed by atoms with Crippen LogP contribution < -0.4 is 19.5 Å². The summed E-state index contributed by atoms with van der Waals surface area (Å²) in [7, 11) is 4.85. The molecule has 0 bridgehead atoms. The van der Waals surface area contributed by atoms with Gasteiger partial charge in [0.15, 0.2) is 11.5 Å². The summed E-state index contributed by atoms with van der Waals surface area (Å²) in [4.78, 5) is 16.9. The van der Waals surface area contributed by atoms with Gasteiger partial charge in [0, 0.05) is 11.9 Å². The zero-order valence-corrected chi connectivity index (χ0v) is 18.5. The molecule has 0 aliphatic heterocycles. The lowest BCUT2D eigenvalue weighted by atomic mass is 10.1. The highest BCUT2D eigenvalue weighted by atomic mass is 32.2. The molecule has 0 fully saturated rings. The summed E-state index contributed by atoms with van der Waals surface area (Å²) < 4.78 is 16.0. The molecular formula is C23H26N2O4S.